The zero-order chi connectivity index (χ0) is 15.4. The van der Waals surface area contributed by atoms with E-state index in [1.807, 2.05) is 31.2 Å². The topological polar surface area (TPSA) is 12.0 Å². The van der Waals surface area contributed by atoms with Crippen LogP contribution < -0.4 is 5.32 Å². The Bertz CT molecular complexity index is 634. The predicted molar refractivity (Wildman–Crippen MR) is 93.4 cm³/mol. The molecule has 2 rings (SSSR count). The minimum Gasteiger partial charge on any atom is -0.310 e. The fourth-order valence-electron chi connectivity index (χ4n) is 2.21. The molecule has 0 radical (unpaired) electrons. The minimum absolute atomic E-state index is 0.0821. The van der Waals surface area contributed by atoms with Crippen molar-refractivity contribution in [2.75, 3.05) is 6.54 Å². The van der Waals surface area contributed by atoms with Crippen LogP contribution in [0.1, 0.15) is 24.1 Å². The first-order valence-corrected chi connectivity index (χ1v) is 8.60. The van der Waals surface area contributed by atoms with Crippen molar-refractivity contribution in [1.29, 1.82) is 0 Å². The summed E-state index contributed by atoms with van der Waals surface area (Å²) >= 11 is 12.9. The van der Waals surface area contributed by atoms with Crippen LogP contribution in [-0.4, -0.2) is 6.54 Å². The van der Waals surface area contributed by atoms with E-state index in [2.05, 4.69) is 37.2 Å². The average molecular weight is 436 g/mol. The van der Waals surface area contributed by atoms with Crippen LogP contribution in [0.15, 0.2) is 45.3 Å². The molecular weight excluding hydrogens is 420 g/mol. The zero-order valence-electron chi connectivity index (χ0n) is 11.5. The summed E-state index contributed by atoms with van der Waals surface area (Å²) in [6.45, 7) is 2.87. The van der Waals surface area contributed by atoms with E-state index in [0.29, 0.717) is 15.9 Å². The molecule has 0 amide bonds. The number of halogens is 4. The molecule has 2 aromatic rings. The van der Waals surface area contributed by atoms with Crippen LogP contribution in [0.4, 0.5) is 4.39 Å². The van der Waals surface area contributed by atoms with Gasteiger partial charge >= 0.3 is 0 Å². The number of hydrogen-bond acceptors (Lipinski definition) is 1. The van der Waals surface area contributed by atoms with Crippen molar-refractivity contribution in [3.63, 3.8) is 0 Å². The lowest BCUT2D eigenvalue weighted by Crippen LogP contribution is -2.23. The highest BCUT2D eigenvalue weighted by atomic mass is 79.9. The Morgan fingerprint density at radius 3 is 2.67 bits per heavy atom. The van der Waals surface area contributed by atoms with E-state index >= 15 is 0 Å². The monoisotopic (exact) mass is 433 g/mol. The van der Waals surface area contributed by atoms with Gasteiger partial charge in [-0.2, -0.15) is 0 Å². The highest BCUT2D eigenvalue weighted by Gasteiger charge is 2.15. The van der Waals surface area contributed by atoms with Gasteiger partial charge in [0.05, 0.1) is 9.50 Å². The van der Waals surface area contributed by atoms with Gasteiger partial charge in [-0.25, -0.2) is 4.39 Å². The first-order chi connectivity index (χ1) is 10.0. The number of likely N-dealkylation sites (N-methyl/N-ethyl adjacent to an activating group) is 1. The third-order valence-corrected chi connectivity index (χ3v) is 5.37. The first kappa shape index (κ1) is 16.9. The number of rotatable bonds is 5. The van der Waals surface area contributed by atoms with Gasteiger partial charge < -0.3 is 5.32 Å². The third kappa shape index (κ3) is 4.28. The molecule has 0 bridgehead atoms. The molecule has 112 valence electrons. The maximum Gasteiger partial charge on any atom is 0.137 e. The van der Waals surface area contributed by atoms with Gasteiger partial charge in [-0.05, 0) is 74.2 Å². The fraction of sp³-hybridized carbons (Fsp3) is 0.250. The fourth-order valence-corrected chi connectivity index (χ4v) is 3.07. The molecule has 0 aliphatic carbocycles. The largest absolute Gasteiger partial charge is 0.310 e. The summed E-state index contributed by atoms with van der Waals surface area (Å²) in [5, 5.41) is 4.10. The summed E-state index contributed by atoms with van der Waals surface area (Å²) in [5.74, 6) is -0.239. The summed E-state index contributed by atoms with van der Waals surface area (Å²) in [7, 11) is 0. The molecular formula is C16H15Br2ClFN. The van der Waals surface area contributed by atoms with Gasteiger partial charge in [-0.1, -0.05) is 36.7 Å². The van der Waals surface area contributed by atoms with E-state index in [1.165, 1.54) is 6.07 Å². The van der Waals surface area contributed by atoms with Crippen molar-refractivity contribution < 1.29 is 4.39 Å². The summed E-state index contributed by atoms with van der Waals surface area (Å²) in [4.78, 5) is 0. The molecule has 0 aliphatic heterocycles. The summed E-state index contributed by atoms with van der Waals surface area (Å²) in [6.07, 6.45) is 0.685. The quantitative estimate of drug-likeness (QED) is 0.617. The summed E-state index contributed by atoms with van der Waals surface area (Å²) in [5.41, 5.74) is 2.02. The van der Waals surface area contributed by atoms with E-state index < -0.39 is 0 Å². The van der Waals surface area contributed by atoms with Crippen LogP contribution >= 0.6 is 43.5 Å². The van der Waals surface area contributed by atoms with E-state index in [-0.39, 0.29) is 11.9 Å². The van der Waals surface area contributed by atoms with Crippen molar-refractivity contribution in [3.8, 4) is 0 Å². The first-order valence-electron chi connectivity index (χ1n) is 6.64. The maximum absolute atomic E-state index is 13.6. The van der Waals surface area contributed by atoms with E-state index in [9.17, 15) is 4.39 Å². The lowest BCUT2D eigenvalue weighted by atomic mass is 9.98. The summed E-state index contributed by atoms with van der Waals surface area (Å²) < 4.78 is 15.0. The molecule has 21 heavy (non-hydrogen) atoms. The van der Waals surface area contributed by atoms with Gasteiger partial charge in [0.15, 0.2) is 0 Å². The molecule has 1 nitrogen and oxygen atoms in total. The molecule has 0 saturated heterocycles. The normalized spacial score (nSPS) is 12.4. The second-order valence-electron chi connectivity index (χ2n) is 4.70. The van der Waals surface area contributed by atoms with Crippen molar-refractivity contribution in [3.05, 3.63) is 67.3 Å². The molecule has 0 aromatic heterocycles. The van der Waals surface area contributed by atoms with Crippen LogP contribution in [0.3, 0.4) is 0 Å². The van der Waals surface area contributed by atoms with Crippen LogP contribution in [0.2, 0.25) is 5.02 Å². The Morgan fingerprint density at radius 1 is 1.24 bits per heavy atom. The highest BCUT2D eigenvalue weighted by molar-refractivity contribution is 9.10. The molecule has 1 unspecified atom stereocenters. The number of benzene rings is 2. The SMILES string of the molecule is CCNC(Cc1cccc(F)c1Br)c1ccc(Br)c(Cl)c1. The summed E-state index contributed by atoms with van der Waals surface area (Å²) in [6, 6.07) is 11.1. The van der Waals surface area contributed by atoms with Crippen molar-refractivity contribution in [1.82, 2.24) is 5.32 Å². The molecule has 2 aromatic carbocycles. The van der Waals surface area contributed by atoms with Crippen molar-refractivity contribution in [2.45, 2.75) is 19.4 Å². The Hall–Kier alpha value is -0.420. The average Bonchev–Trinajstić information content (AvgIpc) is 2.46. The molecule has 0 fully saturated rings. The molecule has 0 aliphatic rings. The molecule has 0 spiro atoms. The van der Waals surface area contributed by atoms with Crippen LogP contribution in [-0.2, 0) is 6.42 Å². The molecule has 1 atom stereocenters. The van der Waals surface area contributed by atoms with Crippen LogP contribution in [0.5, 0.6) is 0 Å². The van der Waals surface area contributed by atoms with Crippen LogP contribution in [0.25, 0.3) is 0 Å². The van der Waals surface area contributed by atoms with Crippen molar-refractivity contribution >= 4 is 43.5 Å². The predicted octanol–water partition coefficient (Wildman–Crippen LogP) is 5.90. The Kier molecular flexibility index (Phi) is 6.23. The van der Waals surface area contributed by atoms with Gasteiger partial charge in [-0.3, -0.25) is 0 Å². The Labute approximate surface area is 146 Å². The second-order valence-corrected chi connectivity index (χ2v) is 6.76. The minimum atomic E-state index is -0.239. The van der Waals surface area contributed by atoms with E-state index in [0.717, 1.165) is 22.1 Å². The van der Waals surface area contributed by atoms with Gasteiger partial charge in [0.2, 0.25) is 0 Å². The molecule has 0 heterocycles. The van der Waals surface area contributed by atoms with Gasteiger partial charge in [0.25, 0.3) is 0 Å². The Morgan fingerprint density at radius 2 is 2.00 bits per heavy atom. The highest BCUT2D eigenvalue weighted by Crippen LogP contribution is 2.30. The second kappa shape index (κ2) is 7.73. The standard InChI is InChI=1S/C16H15Br2ClFN/c1-2-21-15(10-6-7-12(17)13(19)8-10)9-11-4-3-5-14(20)16(11)18/h3-8,15,21H,2,9H2,1H3. The number of hydrogen-bond donors (Lipinski definition) is 1. The molecule has 1 N–H and O–H groups in total. The van der Waals surface area contributed by atoms with Crippen molar-refractivity contribution in [2.24, 2.45) is 0 Å². The van der Waals surface area contributed by atoms with Crippen LogP contribution in [0, 0.1) is 5.82 Å². The molecule has 0 saturated carbocycles. The zero-order valence-corrected chi connectivity index (χ0v) is 15.4. The van der Waals surface area contributed by atoms with Gasteiger partial charge in [-0.15, -0.1) is 0 Å². The van der Waals surface area contributed by atoms with E-state index in [1.54, 1.807) is 6.07 Å². The number of nitrogens with one attached hydrogen (secondary N) is 1. The lowest BCUT2D eigenvalue weighted by Gasteiger charge is -2.20. The Balaban J connectivity index is 2.30. The third-order valence-electron chi connectivity index (χ3n) is 3.25. The maximum atomic E-state index is 13.6. The molecule has 5 heteroatoms. The lowest BCUT2D eigenvalue weighted by molar-refractivity contribution is 0.544. The smallest absolute Gasteiger partial charge is 0.137 e. The van der Waals surface area contributed by atoms with E-state index in [4.69, 9.17) is 11.6 Å². The van der Waals surface area contributed by atoms with Gasteiger partial charge in [0.1, 0.15) is 5.82 Å². The van der Waals surface area contributed by atoms with Gasteiger partial charge in [0, 0.05) is 10.5 Å².